The third kappa shape index (κ3) is 6.09. The number of nitrogens with one attached hydrogen (secondary N) is 1. The van der Waals surface area contributed by atoms with E-state index in [1.807, 2.05) is 6.07 Å². The summed E-state index contributed by atoms with van der Waals surface area (Å²) in [4.78, 5) is 0. The Morgan fingerprint density at radius 2 is 1.67 bits per heavy atom. The summed E-state index contributed by atoms with van der Waals surface area (Å²) in [6.45, 7) is 11.3. The van der Waals surface area contributed by atoms with Crippen molar-refractivity contribution >= 4 is 0 Å². The van der Waals surface area contributed by atoms with Gasteiger partial charge in [-0.15, -0.1) is 0 Å². The van der Waals surface area contributed by atoms with Gasteiger partial charge >= 0.3 is 0 Å². The summed E-state index contributed by atoms with van der Waals surface area (Å²) >= 11 is 0. The van der Waals surface area contributed by atoms with Gasteiger partial charge in [0, 0.05) is 0 Å². The molecule has 0 aromatic heterocycles. The van der Waals surface area contributed by atoms with Crippen LogP contribution in [0.15, 0.2) is 24.3 Å². The fourth-order valence-corrected chi connectivity index (χ4v) is 3.07. The Labute approximate surface area is 131 Å². The van der Waals surface area contributed by atoms with Crippen molar-refractivity contribution in [3.05, 3.63) is 29.8 Å². The Morgan fingerprint density at radius 3 is 2.24 bits per heavy atom. The Morgan fingerprint density at radius 1 is 1.00 bits per heavy atom. The number of rotatable bonds is 10. The van der Waals surface area contributed by atoms with Gasteiger partial charge in [-0.25, -0.2) is 0 Å². The molecule has 0 amide bonds. The molecule has 0 spiro atoms. The molecule has 1 unspecified atom stereocenters. The molecule has 0 saturated heterocycles. The van der Waals surface area contributed by atoms with Crippen LogP contribution in [-0.4, -0.2) is 20.2 Å². The fraction of sp³-hybridized carbons (Fsp3) is 0.684. The van der Waals surface area contributed by atoms with E-state index >= 15 is 0 Å². The molecule has 0 fully saturated rings. The molecule has 21 heavy (non-hydrogen) atoms. The molecular formula is C19H33NO. The van der Waals surface area contributed by atoms with Crippen LogP contribution in [0.25, 0.3) is 0 Å². The lowest BCUT2D eigenvalue weighted by atomic mass is 9.83. The van der Waals surface area contributed by atoms with Crippen LogP contribution in [0.5, 0.6) is 5.75 Å². The summed E-state index contributed by atoms with van der Waals surface area (Å²) in [5.74, 6) is 3.18. The standard InChI is InChI=1S/C19H33NO/c1-6-16(7-2)18(14-20-13-15(3)4)12-17-10-8-9-11-19(17)21-5/h8-11,15-16,18,20H,6-7,12-14H2,1-5H3. The monoisotopic (exact) mass is 291 g/mol. The zero-order valence-corrected chi connectivity index (χ0v) is 14.5. The van der Waals surface area contributed by atoms with Crippen LogP contribution in [0.3, 0.4) is 0 Å². The highest BCUT2D eigenvalue weighted by atomic mass is 16.5. The average Bonchev–Trinajstić information content (AvgIpc) is 2.48. The fourth-order valence-electron chi connectivity index (χ4n) is 3.07. The highest BCUT2D eigenvalue weighted by Gasteiger charge is 2.20. The Balaban J connectivity index is 2.75. The van der Waals surface area contributed by atoms with E-state index < -0.39 is 0 Å². The van der Waals surface area contributed by atoms with Crippen LogP contribution in [0.1, 0.15) is 46.1 Å². The maximum Gasteiger partial charge on any atom is 0.122 e. The van der Waals surface area contributed by atoms with Gasteiger partial charge in [-0.2, -0.15) is 0 Å². The van der Waals surface area contributed by atoms with Gasteiger partial charge in [0.25, 0.3) is 0 Å². The Hall–Kier alpha value is -1.02. The molecule has 1 N–H and O–H groups in total. The minimum Gasteiger partial charge on any atom is -0.496 e. The first-order valence-corrected chi connectivity index (χ1v) is 8.44. The molecule has 2 nitrogen and oxygen atoms in total. The lowest BCUT2D eigenvalue weighted by Crippen LogP contribution is -2.31. The van der Waals surface area contributed by atoms with Crippen molar-refractivity contribution in [1.82, 2.24) is 5.32 Å². The molecule has 0 aliphatic carbocycles. The van der Waals surface area contributed by atoms with Crippen molar-refractivity contribution in [2.75, 3.05) is 20.2 Å². The Bertz CT molecular complexity index is 385. The SMILES string of the molecule is CCC(CC)C(CNCC(C)C)Cc1ccccc1OC. The van der Waals surface area contributed by atoms with Gasteiger partial charge in [-0.05, 0) is 48.9 Å². The summed E-state index contributed by atoms with van der Waals surface area (Å²) in [7, 11) is 1.77. The number of hydrogen-bond acceptors (Lipinski definition) is 2. The van der Waals surface area contributed by atoms with Crippen LogP contribution >= 0.6 is 0 Å². The average molecular weight is 291 g/mol. The maximum atomic E-state index is 5.52. The van der Waals surface area contributed by atoms with Gasteiger partial charge in [-0.3, -0.25) is 0 Å². The highest BCUT2D eigenvalue weighted by Crippen LogP contribution is 2.27. The first-order valence-electron chi connectivity index (χ1n) is 8.44. The predicted molar refractivity (Wildman–Crippen MR) is 92.0 cm³/mol. The topological polar surface area (TPSA) is 21.3 Å². The van der Waals surface area contributed by atoms with Gasteiger partial charge in [0.05, 0.1) is 7.11 Å². The summed E-state index contributed by atoms with van der Waals surface area (Å²) in [6.07, 6.45) is 3.60. The molecule has 120 valence electrons. The zero-order chi connectivity index (χ0) is 15.7. The van der Waals surface area contributed by atoms with Crippen LogP contribution in [0, 0.1) is 17.8 Å². The van der Waals surface area contributed by atoms with Gasteiger partial charge in [0.15, 0.2) is 0 Å². The smallest absolute Gasteiger partial charge is 0.122 e. The van der Waals surface area contributed by atoms with Crippen LogP contribution in [-0.2, 0) is 6.42 Å². The van der Waals surface area contributed by atoms with E-state index in [2.05, 4.69) is 51.2 Å². The molecule has 0 aliphatic rings. The van der Waals surface area contributed by atoms with Crippen molar-refractivity contribution in [3.8, 4) is 5.75 Å². The number of methoxy groups -OCH3 is 1. The van der Waals surface area contributed by atoms with Gasteiger partial charge in [0.2, 0.25) is 0 Å². The molecule has 0 aliphatic heterocycles. The van der Waals surface area contributed by atoms with Crippen molar-refractivity contribution in [2.24, 2.45) is 17.8 Å². The number of hydrogen-bond donors (Lipinski definition) is 1. The van der Waals surface area contributed by atoms with E-state index in [-0.39, 0.29) is 0 Å². The number of ether oxygens (including phenoxy) is 1. The molecule has 1 atom stereocenters. The van der Waals surface area contributed by atoms with Crippen molar-refractivity contribution < 1.29 is 4.74 Å². The lowest BCUT2D eigenvalue weighted by Gasteiger charge is -2.27. The van der Waals surface area contributed by atoms with E-state index in [4.69, 9.17) is 4.74 Å². The number of para-hydroxylation sites is 1. The van der Waals surface area contributed by atoms with Crippen molar-refractivity contribution in [3.63, 3.8) is 0 Å². The van der Waals surface area contributed by atoms with E-state index in [1.54, 1.807) is 7.11 Å². The van der Waals surface area contributed by atoms with E-state index in [0.29, 0.717) is 11.8 Å². The molecular weight excluding hydrogens is 258 g/mol. The normalized spacial score (nSPS) is 12.9. The van der Waals surface area contributed by atoms with Gasteiger partial charge < -0.3 is 10.1 Å². The highest BCUT2D eigenvalue weighted by molar-refractivity contribution is 5.33. The van der Waals surface area contributed by atoms with Crippen molar-refractivity contribution in [1.29, 1.82) is 0 Å². The third-order valence-corrected chi connectivity index (χ3v) is 4.35. The molecule has 1 aromatic carbocycles. The molecule has 1 rings (SSSR count). The van der Waals surface area contributed by atoms with Gasteiger partial charge in [0.1, 0.15) is 5.75 Å². The molecule has 1 aromatic rings. The summed E-state index contributed by atoms with van der Waals surface area (Å²) < 4.78 is 5.52. The van der Waals surface area contributed by atoms with E-state index in [0.717, 1.165) is 31.2 Å². The lowest BCUT2D eigenvalue weighted by molar-refractivity contribution is 0.290. The second kappa shape index (κ2) is 9.83. The maximum absolute atomic E-state index is 5.52. The van der Waals surface area contributed by atoms with Gasteiger partial charge in [-0.1, -0.05) is 58.7 Å². The predicted octanol–water partition coefficient (Wildman–Crippen LogP) is 4.54. The quantitative estimate of drug-likeness (QED) is 0.683. The van der Waals surface area contributed by atoms with Crippen LogP contribution < -0.4 is 10.1 Å². The molecule has 0 heterocycles. The molecule has 0 saturated carbocycles. The number of benzene rings is 1. The minimum atomic E-state index is 0.676. The third-order valence-electron chi connectivity index (χ3n) is 4.35. The van der Waals surface area contributed by atoms with Crippen molar-refractivity contribution in [2.45, 2.75) is 47.0 Å². The first kappa shape index (κ1) is 18.0. The second-order valence-corrected chi connectivity index (χ2v) is 6.40. The summed E-state index contributed by atoms with van der Waals surface area (Å²) in [5.41, 5.74) is 1.34. The minimum absolute atomic E-state index is 0.676. The van der Waals surface area contributed by atoms with Crippen LogP contribution in [0.4, 0.5) is 0 Å². The molecule has 0 radical (unpaired) electrons. The van der Waals surface area contributed by atoms with E-state index in [1.165, 1.54) is 18.4 Å². The summed E-state index contributed by atoms with van der Waals surface area (Å²) in [6, 6.07) is 8.44. The second-order valence-electron chi connectivity index (χ2n) is 6.40. The Kier molecular flexibility index (Phi) is 8.44. The molecule has 2 heteroatoms. The first-order chi connectivity index (χ1) is 10.1. The summed E-state index contributed by atoms with van der Waals surface area (Å²) in [5, 5.41) is 3.65. The largest absolute Gasteiger partial charge is 0.496 e. The van der Waals surface area contributed by atoms with Crippen LogP contribution in [0.2, 0.25) is 0 Å². The van der Waals surface area contributed by atoms with E-state index in [9.17, 15) is 0 Å². The molecule has 0 bridgehead atoms. The zero-order valence-electron chi connectivity index (χ0n) is 14.5.